The molecule has 0 saturated heterocycles. The number of furan rings is 2. The topological polar surface area (TPSA) is 67.7 Å². The molecule has 112 valence electrons. The molecule has 2 aromatic carbocycles. The Kier molecular flexibility index (Phi) is 3.16. The molecule has 2 heterocycles. The van der Waals surface area contributed by atoms with Crippen LogP contribution in [0.4, 0.5) is 0 Å². The number of rotatable bonds is 3. The molecule has 0 aliphatic rings. The van der Waals surface area contributed by atoms with Crippen LogP contribution in [-0.2, 0) is 0 Å². The van der Waals surface area contributed by atoms with Gasteiger partial charge in [-0.15, -0.1) is 0 Å². The third-order valence-electron chi connectivity index (χ3n) is 3.55. The van der Waals surface area contributed by atoms with Gasteiger partial charge in [-0.05, 0) is 35.0 Å². The fourth-order valence-electron chi connectivity index (χ4n) is 2.48. The largest absolute Gasteiger partial charge is 0.463 e. The Bertz CT molecular complexity index is 1010. The third-order valence-corrected chi connectivity index (χ3v) is 3.55. The van der Waals surface area contributed by atoms with Gasteiger partial charge >= 0.3 is 5.91 Å². The molecule has 0 bridgehead atoms. The van der Waals surface area contributed by atoms with Crippen molar-refractivity contribution in [1.29, 1.82) is 0 Å². The van der Waals surface area contributed by atoms with Crippen molar-refractivity contribution in [3.63, 3.8) is 0 Å². The Hall–Kier alpha value is -3.34. The van der Waals surface area contributed by atoms with Crippen LogP contribution in [0, 0.1) is 0 Å². The predicted octanol–water partition coefficient (Wildman–Crippen LogP) is 3.94. The van der Waals surface area contributed by atoms with Crippen LogP contribution in [0.5, 0.6) is 0 Å². The van der Waals surface area contributed by atoms with Crippen LogP contribution in [0.2, 0.25) is 0 Å². The number of fused-ring (bicyclic) bond motifs is 3. The number of hydrogen-bond donors (Lipinski definition) is 1. The first-order chi connectivity index (χ1) is 11.3. The minimum Gasteiger partial charge on any atom is -0.463 e. The Labute approximate surface area is 131 Å². The van der Waals surface area contributed by atoms with Crippen LogP contribution in [0.3, 0.4) is 0 Å². The molecule has 0 aliphatic carbocycles. The highest BCUT2D eigenvalue weighted by molar-refractivity contribution is 6.08. The molecule has 1 amide bonds. The normalized spacial score (nSPS) is 11.5. The van der Waals surface area contributed by atoms with Gasteiger partial charge in [-0.25, -0.2) is 5.43 Å². The second-order valence-electron chi connectivity index (χ2n) is 5.02. The van der Waals surface area contributed by atoms with Crippen molar-refractivity contribution in [2.24, 2.45) is 5.10 Å². The van der Waals surface area contributed by atoms with Gasteiger partial charge in [0.05, 0.1) is 12.5 Å². The van der Waals surface area contributed by atoms with Crippen molar-refractivity contribution in [2.45, 2.75) is 0 Å². The lowest BCUT2D eigenvalue weighted by molar-refractivity contribution is 0.0929. The van der Waals surface area contributed by atoms with Crippen molar-refractivity contribution in [3.8, 4) is 0 Å². The summed E-state index contributed by atoms with van der Waals surface area (Å²) >= 11 is 0. The van der Waals surface area contributed by atoms with Crippen LogP contribution in [0.15, 0.2) is 74.8 Å². The minimum atomic E-state index is -0.409. The molecule has 0 fully saturated rings. The lowest BCUT2D eigenvalue weighted by atomic mass is 10.1. The Morgan fingerprint density at radius 1 is 1.04 bits per heavy atom. The van der Waals surface area contributed by atoms with Gasteiger partial charge in [-0.3, -0.25) is 4.79 Å². The Morgan fingerprint density at radius 3 is 2.83 bits per heavy atom. The minimum absolute atomic E-state index is 0.216. The number of carbonyl (C=O) groups excluding carboxylic acids is 1. The highest BCUT2D eigenvalue weighted by Crippen LogP contribution is 2.28. The molecule has 4 aromatic rings. The molecule has 0 radical (unpaired) electrons. The molecule has 1 N–H and O–H groups in total. The molecular formula is C18H12N2O3. The van der Waals surface area contributed by atoms with E-state index in [0.717, 1.165) is 16.2 Å². The summed E-state index contributed by atoms with van der Waals surface area (Å²) < 4.78 is 10.7. The molecule has 0 aliphatic heterocycles. The van der Waals surface area contributed by atoms with Gasteiger partial charge in [0.25, 0.3) is 0 Å². The van der Waals surface area contributed by atoms with E-state index in [2.05, 4.69) is 10.5 Å². The Balaban J connectivity index is 1.63. The quantitative estimate of drug-likeness (QED) is 0.460. The zero-order chi connectivity index (χ0) is 15.6. The molecule has 23 heavy (non-hydrogen) atoms. The van der Waals surface area contributed by atoms with Gasteiger partial charge in [-0.1, -0.05) is 30.3 Å². The molecule has 2 aromatic heterocycles. The summed E-state index contributed by atoms with van der Waals surface area (Å²) in [7, 11) is 0. The number of hydrogen-bond acceptors (Lipinski definition) is 4. The molecule has 0 spiro atoms. The van der Waals surface area contributed by atoms with E-state index in [4.69, 9.17) is 8.83 Å². The van der Waals surface area contributed by atoms with Crippen LogP contribution in [-0.4, -0.2) is 12.1 Å². The van der Waals surface area contributed by atoms with E-state index < -0.39 is 5.91 Å². The smallest absolute Gasteiger partial charge is 0.307 e. The number of benzene rings is 2. The number of nitrogens with one attached hydrogen (secondary N) is 1. The van der Waals surface area contributed by atoms with E-state index in [-0.39, 0.29) is 5.76 Å². The second kappa shape index (κ2) is 5.46. The summed E-state index contributed by atoms with van der Waals surface area (Å²) in [6, 6.07) is 17.0. The van der Waals surface area contributed by atoms with Crippen molar-refractivity contribution in [1.82, 2.24) is 5.43 Å². The van der Waals surface area contributed by atoms with E-state index in [0.29, 0.717) is 11.3 Å². The summed E-state index contributed by atoms with van der Waals surface area (Å²) in [4.78, 5) is 12.1. The van der Waals surface area contributed by atoms with Crippen molar-refractivity contribution in [2.75, 3.05) is 0 Å². The molecule has 0 atom stereocenters. The van der Waals surface area contributed by atoms with E-state index >= 15 is 0 Å². The van der Waals surface area contributed by atoms with E-state index in [1.54, 1.807) is 18.2 Å². The molecule has 0 saturated carbocycles. The maximum Gasteiger partial charge on any atom is 0.307 e. The number of hydrazone groups is 1. The maximum atomic E-state index is 12.1. The molecule has 0 unspecified atom stereocenters. The fraction of sp³-hybridized carbons (Fsp3) is 0. The standard InChI is InChI=1S/C18H12N2O3/c21-18(20-19-11-13-5-3-9-22-13)17-10-15-14-6-2-1-4-12(14)7-8-16(15)23-17/h1-11H,(H,20,21). The van der Waals surface area contributed by atoms with Gasteiger partial charge in [0, 0.05) is 5.39 Å². The summed E-state index contributed by atoms with van der Waals surface area (Å²) in [5.41, 5.74) is 3.09. The first kappa shape index (κ1) is 13.3. The van der Waals surface area contributed by atoms with Crippen LogP contribution in [0.25, 0.3) is 21.7 Å². The van der Waals surface area contributed by atoms with E-state index in [1.807, 2.05) is 36.4 Å². The van der Waals surface area contributed by atoms with Crippen LogP contribution >= 0.6 is 0 Å². The van der Waals surface area contributed by atoms with Gasteiger partial charge in [-0.2, -0.15) is 5.10 Å². The lowest BCUT2D eigenvalue weighted by Gasteiger charge is -1.96. The van der Waals surface area contributed by atoms with Gasteiger partial charge in [0.1, 0.15) is 11.3 Å². The van der Waals surface area contributed by atoms with Crippen molar-refractivity contribution >= 4 is 33.9 Å². The number of nitrogens with zero attached hydrogens (tertiary/aromatic N) is 1. The van der Waals surface area contributed by atoms with Gasteiger partial charge in [0.15, 0.2) is 5.76 Å². The zero-order valence-corrected chi connectivity index (χ0v) is 12.0. The van der Waals surface area contributed by atoms with Crippen LogP contribution in [0.1, 0.15) is 16.3 Å². The summed E-state index contributed by atoms with van der Waals surface area (Å²) in [5.74, 6) is 0.363. The highest BCUT2D eigenvalue weighted by Gasteiger charge is 2.13. The average Bonchev–Trinajstić information content (AvgIpc) is 3.24. The number of carbonyl (C=O) groups is 1. The monoisotopic (exact) mass is 304 g/mol. The predicted molar refractivity (Wildman–Crippen MR) is 87.5 cm³/mol. The van der Waals surface area contributed by atoms with Crippen molar-refractivity contribution < 1.29 is 13.6 Å². The van der Waals surface area contributed by atoms with Gasteiger partial charge in [0.2, 0.25) is 0 Å². The molecule has 5 nitrogen and oxygen atoms in total. The van der Waals surface area contributed by atoms with E-state index in [9.17, 15) is 4.79 Å². The lowest BCUT2D eigenvalue weighted by Crippen LogP contribution is -2.16. The molecule has 4 rings (SSSR count). The summed E-state index contributed by atoms with van der Waals surface area (Å²) in [5, 5.41) is 6.90. The van der Waals surface area contributed by atoms with Gasteiger partial charge < -0.3 is 8.83 Å². The number of amides is 1. The van der Waals surface area contributed by atoms with Crippen molar-refractivity contribution in [3.05, 3.63) is 72.4 Å². The molecular weight excluding hydrogens is 292 g/mol. The highest BCUT2D eigenvalue weighted by atomic mass is 16.3. The fourth-order valence-corrected chi connectivity index (χ4v) is 2.48. The molecule has 5 heteroatoms. The average molecular weight is 304 g/mol. The summed E-state index contributed by atoms with van der Waals surface area (Å²) in [6.45, 7) is 0. The SMILES string of the molecule is O=C(NN=Cc1ccco1)c1cc2c(ccc3ccccc32)o1. The maximum absolute atomic E-state index is 12.1. The van der Waals surface area contributed by atoms with Crippen LogP contribution < -0.4 is 5.43 Å². The second-order valence-corrected chi connectivity index (χ2v) is 5.02. The Morgan fingerprint density at radius 2 is 1.96 bits per heavy atom. The van der Waals surface area contributed by atoms with E-state index in [1.165, 1.54) is 12.5 Å². The first-order valence-corrected chi connectivity index (χ1v) is 7.09. The first-order valence-electron chi connectivity index (χ1n) is 7.09. The third kappa shape index (κ3) is 2.48. The zero-order valence-electron chi connectivity index (χ0n) is 12.0. The summed E-state index contributed by atoms with van der Waals surface area (Å²) in [6.07, 6.45) is 2.96.